The summed E-state index contributed by atoms with van der Waals surface area (Å²) in [6.07, 6.45) is 0. The van der Waals surface area contributed by atoms with E-state index in [1.807, 2.05) is 29.6 Å². The van der Waals surface area contributed by atoms with Gasteiger partial charge in [0.15, 0.2) is 0 Å². The van der Waals surface area contributed by atoms with Gasteiger partial charge in [0.25, 0.3) is 5.91 Å². The Kier molecular flexibility index (Phi) is 5.00. The molecule has 1 amide bonds. The molecule has 3 nitrogen and oxygen atoms in total. The maximum atomic E-state index is 13.7. The third-order valence-corrected chi connectivity index (χ3v) is 5.31. The number of benzene rings is 3. The number of nitrogens with zero attached hydrogens (tertiary/aromatic N) is 1. The lowest BCUT2D eigenvalue weighted by Gasteiger charge is -2.07. The van der Waals surface area contributed by atoms with E-state index in [4.69, 9.17) is 4.98 Å². The molecule has 3 aromatic carbocycles. The van der Waals surface area contributed by atoms with E-state index in [0.29, 0.717) is 5.69 Å². The summed E-state index contributed by atoms with van der Waals surface area (Å²) in [4.78, 5) is 17.0. The minimum Gasteiger partial charge on any atom is -0.322 e. The smallest absolute Gasteiger partial charge is 0.258 e. The lowest BCUT2D eigenvalue weighted by molar-refractivity contribution is 0.102. The fourth-order valence-corrected chi connectivity index (χ4v) is 3.83. The molecule has 0 atom stereocenters. The first-order valence-corrected chi connectivity index (χ1v) is 9.67. The topological polar surface area (TPSA) is 42.0 Å². The molecule has 0 unspecified atom stereocenters. The van der Waals surface area contributed by atoms with Crippen LogP contribution in [0.3, 0.4) is 0 Å². The van der Waals surface area contributed by atoms with E-state index in [1.54, 1.807) is 35.6 Å². The number of nitrogens with one attached hydrogen (secondary N) is 1. The molecule has 28 heavy (non-hydrogen) atoms. The molecule has 4 rings (SSSR count). The molecule has 0 saturated carbocycles. The van der Waals surface area contributed by atoms with Gasteiger partial charge in [-0.2, -0.15) is 0 Å². The van der Waals surface area contributed by atoms with E-state index in [2.05, 4.69) is 24.4 Å². The first kappa shape index (κ1) is 18.1. The number of carbonyl (C=O) groups excluding carboxylic acids is 1. The van der Waals surface area contributed by atoms with Crippen LogP contribution in [-0.4, -0.2) is 10.9 Å². The highest BCUT2D eigenvalue weighted by Gasteiger charge is 2.12. The van der Waals surface area contributed by atoms with Crippen LogP contribution in [0.1, 0.15) is 15.9 Å². The van der Waals surface area contributed by atoms with Crippen LogP contribution in [0.5, 0.6) is 0 Å². The highest BCUT2D eigenvalue weighted by molar-refractivity contribution is 7.13. The summed E-state index contributed by atoms with van der Waals surface area (Å²) in [5.74, 6) is -1.01. The van der Waals surface area contributed by atoms with Gasteiger partial charge in [0.05, 0.1) is 11.3 Å². The standard InChI is InChI=1S/C23H17FN2OS/c1-15-6-2-3-7-18(15)23-26-21(14-28-23)16-10-12-17(13-11-16)25-22(27)19-8-4-5-9-20(19)24/h2-14H,1H3,(H,25,27). The fraction of sp³-hybridized carbons (Fsp3) is 0.0435. The molecule has 0 bridgehead atoms. The van der Waals surface area contributed by atoms with Crippen LogP contribution in [0, 0.1) is 12.7 Å². The summed E-state index contributed by atoms with van der Waals surface area (Å²) in [6, 6.07) is 21.5. The molecule has 1 N–H and O–H groups in total. The van der Waals surface area contributed by atoms with Gasteiger partial charge in [0, 0.05) is 22.2 Å². The molecule has 0 aliphatic carbocycles. The summed E-state index contributed by atoms with van der Waals surface area (Å²) >= 11 is 1.60. The molecule has 0 aliphatic rings. The van der Waals surface area contributed by atoms with Crippen molar-refractivity contribution in [2.24, 2.45) is 0 Å². The summed E-state index contributed by atoms with van der Waals surface area (Å²) in [5, 5.41) is 5.72. The Morgan fingerprint density at radius 1 is 0.964 bits per heavy atom. The molecule has 0 fully saturated rings. The number of carbonyl (C=O) groups is 1. The summed E-state index contributed by atoms with van der Waals surface area (Å²) in [5.41, 5.74) is 4.79. The molecule has 0 spiro atoms. The average Bonchev–Trinajstić information content (AvgIpc) is 3.19. The van der Waals surface area contributed by atoms with Crippen LogP contribution >= 0.6 is 11.3 Å². The van der Waals surface area contributed by atoms with Gasteiger partial charge in [-0.3, -0.25) is 4.79 Å². The molecule has 1 aromatic heterocycles. The minimum absolute atomic E-state index is 0.0222. The number of anilines is 1. The van der Waals surface area contributed by atoms with E-state index in [9.17, 15) is 9.18 Å². The molecule has 0 saturated heterocycles. The second-order valence-electron chi connectivity index (χ2n) is 6.36. The predicted octanol–water partition coefficient (Wildman–Crippen LogP) is 6.18. The number of rotatable bonds is 4. The van der Waals surface area contributed by atoms with Gasteiger partial charge in [-0.1, -0.05) is 48.5 Å². The van der Waals surface area contributed by atoms with Crippen LogP contribution in [0.2, 0.25) is 0 Å². The van der Waals surface area contributed by atoms with Crippen molar-refractivity contribution in [3.05, 3.63) is 95.1 Å². The number of halogens is 1. The quantitative estimate of drug-likeness (QED) is 0.454. The van der Waals surface area contributed by atoms with Crippen molar-refractivity contribution in [1.29, 1.82) is 0 Å². The zero-order valence-electron chi connectivity index (χ0n) is 15.1. The van der Waals surface area contributed by atoms with Gasteiger partial charge in [-0.05, 0) is 36.8 Å². The molecule has 5 heteroatoms. The van der Waals surface area contributed by atoms with Crippen molar-refractivity contribution in [2.45, 2.75) is 6.92 Å². The van der Waals surface area contributed by atoms with Crippen molar-refractivity contribution < 1.29 is 9.18 Å². The van der Waals surface area contributed by atoms with Crippen molar-refractivity contribution >= 4 is 22.9 Å². The fourth-order valence-electron chi connectivity index (χ4n) is 2.91. The number of amides is 1. The number of thiazole rings is 1. The maximum Gasteiger partial charge on any atom is 0.258 e. The molecular formula is C23H17FN2OS. The Balaban J connectivity index is 1.52. The van der Waals surface area contributed by atoms with E-state index in [-0.39, 0.29) is 5.56 Å². The third-order valence-electron chi connectivity index (χ3n) is 4.44. The van der Waals surface area contributed by atoms with Crippen LogP contribution in [0.25, 0.3) is 21.8 Å². The Labute approximate surface area is 166 Å². The highest BCUT2D eigenvalue weighted by Crippen LogP contribution is 2.31. The maximum absolute atomic E-state index is 13.7. The Morgan fingerprint density at radius 3 is 2.43 bits per heavy atom. The SMILES string of the molecule is Cc1ccccc1-c1nc(-c2ccc(NC(=O)c3ccccc3F)cc2)cs1. The lowest BCUT2D eigenvalue weighted by Crippen LogP contribution is -2.13. The number of aromatic nitrogens is 1. The van der Waals surface area contributed by atoms with Crippen LogP contribution < -0.4 is 5.32 Å². The second-order valence-corrected chi connectivity index (χ2v) is 7.22. The molecular weight excluding hydrogens is 371 g/mol. The van der Waals surface area contributed by atoms with Gasteiger partial charge in [0.2, 0.25) is 0 Å². The van der Waals surface area contributed by atoms with Crippen LogP contribution in [0.15, 0.2) is 78.2 Å². The Bertz CT molecular complexity index is 1140. The van der Waals surface area contributed by atoms with Crippen molar-refractivity contribution in [3.63, 3.8) is 0 Å². The molecule has 138 valence electrons. The van der Waals surface area contributed by atoms with Crippen molar-refractivity contribution in [2.75, 3.05) is 5.32 Å². The predicted molar refractivity (Wildman–Crippen MR) is 112 cm³/mol. The molecule has 0 radical (unpaired) electrons. The average molecular weight is 388 g/mol. The summed E-state index contributed by atoms with van der Waals surface area (Å²) in [6.45, 7) is 2.07. The monoisotopic (exact) mass is 388 g/mol. The van der Waals surface area contributed by atoms with E-state index in [0.717, 1.165) is 21.8 Å². The number of hydrogen-bond donors (Lipinski definition) is 1. The van der Waals surface area contributed by atoms with Gasteiger partial charge in [0.1, 0.15) is 10.8 Å². The van der Waals surface area contributed by atoms with Gasteiger partial charge in [-0.25, -0.2) is 9.37 Å². The first-order valence-electron chi connectivity index (χ1n) is 8.79. The molecule has 0 aliphatic heterocycles. The Morgan fingerprint density at radius 2 is 1.68 bits per heavy atom. The van der Waals surface area contributed by atoms with Gasteiger partial charge in [-0.15, -0.1) is 11.3 Å². The van der Waals surface area contributed by atoms with Crippen molar-refractivity contribution in [3.8, 4) is 21.8 Å². The lowest BCUT2D eigenvalue weighted by atomic mass is 10.1. The zero-order valence-corrected chi connectivity index (χ0v) is 16.0. The van der Waals surface area contributed by atoms with E-state index < -0.39 is 11.7 Å². The van der Waals surface area contributed by atoms with E-state index in [1.165, 1.54) is 17.7 Å². The summed E-state index contributed by atoms with van der Waals surface area (Å²) in [7, 11) is 0. The summed E-state index contributed by atoms with van der Waals surface area (Å²) < 4.78 is 13.7. The normalized spacial score (nSPS) is 10.6. The van der Waals surface area contributed by atoms with Crippen molar-refractivity contribution in [1.82, 2.24) is 4.98 Å². The Hall–Kier alpha value is -3.31. The first-order chi connectivity index (χ1) is 13.6. The molecule has 4 aromatic rings. The molecule has 1 heterocycles. The van der Waals surface area contributed by atoms with Gasteiger partial charge >= 0.3 is 0 Å². The third kappa shape index (κ3) is 3.70. The number of aryl methyl sites for hydroxylation is 1. The van der Waals surface area contributed by atoms with Crippen LogP contribution in [0.4, 0.5) is 10.1 Å². The second kappa shape index (κ2) is 7.74. The van der Waals surface area contributed by atoms with Gasteiger partial charge < -0.3 is 5.32 Å². The largest absolute Gasteiger partial charge is 0.322 e. The zero-order chi connectivity index (χ0) is 19.5. The van der Waals surface area contributed by atoms with Crippen LogP contribution in [-0.2, 0) is 0 Å². The van der Waals surface area contributed by atoms with E-state index >= 15 is 0 Å². The highest BCUT2D eigenvalue weighted by atomic mass is 32.1. The minimum atomic E-state index is -0.539. The number of hydrogen-bond acceptors (Lipinski definition) is 3.